The first kappa shape index (κ1) is 17.8. The average Bonchev–Trinajstić information content (AvgIpc) is 2.68. The van der Waals surface area contributed by atoms with Gasteiger partial charge < -0.3 is 4.74 Å². The van der Waals surface area contributed by atoms with Gasteiger partial charge in [0, 0.05) is 18.2 Å². The Hall–Kier alpha value is -2.59. The van der Waals surface area contributed by atoms with Crippen molar-refractivity contribution in [2.45, 2.75) is 25.1 Å². The van der Waals surface area contributed by atoms with Gasteiger partial charge in [0.15, 0.2) is 0 Å². The summed E-state index contributed by atoms with van der Waals surface area (Å²) in [6, 6.07) is 8.51. The van der Waals surface area contributed by atoms with Crippen LogP contribution in [-0.2, 0) is 6.18 Å². The minimum Gasteiger partial charge on any atom is -0.472 e. The lowest BCUT2D eigenvalue weighted by molar-refractivity contribution is -0.137. The van der Waals surface area contributed by atoms with Gasteiger partial charge in [-0.05, 0) is 56.0 Å². The van der Waals surface area contributed by atoms with Crippen molar-refractivity contribution in [2.75, 3.05) is 19.6 Å². The first-order valence-electron chi connectivity index (χ1n) is 8.90. The molecule has 1 unspecified atom stereocenters. The van der Waals surface area contributed by atoms with Crippen molar-refractivity contribution in [3.63, 3.8) is 0 Å². The lowest BCUT2D eigenvalue weighted by Crippen LogP contribution is -2.52. The molecule has 140 valence electrons. The van der Waals surface area contributed by atoms with Crippen LogP contribution in [0.15, 0.2) is 36.4 Å². The number of ether oxygens (including phenoxy) is 1. The summed E-state index contributed by atoms with van der Waals surface area (Å²) in [7, 11) is 0. The van der Waals surface area contributed by atoms with Gasteiger partial charge in [0.2, 0.25) is 5.88 Å². The Kier molecular flexibility index (Phi) is 4.75. The topological polar surface area (TPSA) is 38.2 Å². The highest BCUT2D eigenvalue weighted by Gasteiger charge is 2.35. The lowest BCUT2D eigenvalue weighted by atomic mass is 9.86. The summed E-state index contributed by atoms with van der Waals surface area (Å²) in [5.41, 5.74) is -0.541. The van der Waals surface area contributed by atoms with E-state index in [2.05, 4.69) is 26.9 Å². The molecule has 0 spiro atoms. The molecule has 1 atom stereocenters. The second-order valence-corrected chi connectivity index (χ2v) is 6.84. The maximum Gasteiger partial charge on any atom is 0.417 e. The lowest BCUT2D eigenvalue weighted by Gasteiger charge is -2.44. The van der Waals surface area contributed by atoms with Crippen molar-refractivity contribution >= 4 is 0 Å². The number of piperidine rings is 3. The molecule has 3 saturated heterocycles. The van der Waals surface area contributed by atoms with E-state index in [4.69, 9.17) is 4.74 Å². The Balaban J connectivity index is 1.46. The first-order chi connectivity index (χ1) is 13.0. The maximum absolute atomic E-state index is 13.0. The summed E-state index contributed by atoms with van der Waals surface area (Å²) in [6.45, 7) is 3.16. The SMILES string of the molecule is FC(F)(F)c1ccccc1C#Cc1ccc(OC2CN3CCC2CC3)nn1. The molecule has 1 aromatic carbocycles. The molecule has 0 saturated carbocycles. The van der Waals surface area contributed by atoms with Crippen LogP contribution in [-0.4, -0.2) is 40.8 Å². The summed E-state index contributed by atoms with van der Waals surface area (Å²) in [5.74, 6) is 6.16. The zero-order valence-corrected chi connectivity index (χ0v) is 14.5. The molecule has 0 N–H and O–H groups in total. The third-order valence-electron chi connectivity index (χ3n) is 5.07. The summed E-state index contributed by atoms with van der Waals surface area (Å²) >= 11 is 0. The Bertz CT molecular complexity index is 863. The van der Waals surface area contributed by atoms with Crippen LogP contribution in [0.3, 0.4) is 0 Å². The number of benzene rings is 1. The minimum absolute atomic E-state index is 0.0839. The fraction of sp³-hybridized carbons (Fsp3) is 0.400. The van der Waals surface area contributed by atoms with Crippen LogP contribution in [0.1, 0.15) is 29.7 Å². The van der Waals surface area contributed by atoms with Crippen molar-refractivity contribution < 1.29 is 17.9 Å². The molecular formula is C20H18F3N3O. The predicted molar refractivity (Wildman–Crippen MR) is 93.0 cm³/mol. The van der Waals surface area contributed by atoms with E-state index >= 15 is 0 Å². The maximum atomic E-state index is 13.0. The monoisotopic (exact) mass is 373 g/mol. The smallest absolute Gasteiger partial charge is 0.417 e. The molecule has 7 heteroatoms. The molecule has 3 fully saturated rings. The largest absolute Gasteiger partial charge is 0.472 e. The van der Waals surface area contributed by atoms with Crippen LogP contribution >= 0.6 is 0 Å². The van der Waals surface area contributed by atoms with E-state index in [9.17, 15) is 13.2 Å². The molecule has 2 aromatic rings. The van der Waals surface area contributed by atoms with Gasteiger partial charge in [0.05, 0.1) is 5.56 Å². The molecule has 4 heterocycles. The third kappa shape index (κ3) is 4.06. The van der Waals surface area contributed by atoms with E-state index < -0.39 is 11.7 Å². The van der Waals surface area contributed by atoms with Crippen molar-refractivity contribution in [1.82, 2.24) is 15.1 Å². The van der Waals surface area contributed by atoms with Crippen LogP contribution in [0.25, 0.3) is 0 Å². The van der Waals surface area contributed by atoms with Crippen molar-refractivity contribution in [1.29, 1.82) is 0 Å². The van der Waals surface area contributed by atoms with E-state index in [1.54, 1.807) is 12.1 Å². The first-order valence-corrected chi connectivity index (χ1v) is 8.90. The highest BCUT2D eigenvalue weighted by molar-refractivity contribution is 5.45. The van der Waals surface area contributed by atoms with Crippen LogP contribution < -0.4 is 4.74 Å². The quantitative estimate of drug-likeness (QED) is 0.757. The van der Waals surface area contributed by atoms with Gasteiger partial charge in [0.25, 0.3) is 0 Å². The Morgan fingerprint density at radius 2 is 1.78 bits per heavy atom. The molecule has 3 aliphatic rings. The molecule has 0 amide bonds. The van der Waals surface area contributed by atoms with Crippen molar-refractivity contribution in [3.05, 3.63) is 53.2 Å². The van der Waals surface area contributed by atoms with E-state index in [-0.39, 0.29) is 11.7 Å². The van der Waals surface area contributed by atoms with Gasteiger partial charge in [0.1, 0.15) is 11.8 Å². The van der Waals surface area contributed by atoms with E-state index in [0.29, 0.717) is 17.5 Å². The minimum atomic E-state index is -4.44. The second-order valence-electron chi connectivity index (χ2n) is 6.84. The van der Waals surface area contributed by atoms with Crippen LogP contribution in [0.2, 0.25) is 0 Å². The average molecular weight is 373 g/mol. The second kappa shape index (κ2) is 7.20. The number of hydrogen-bond acceptors (Lipinski definition) is 4. The zero-order chi connectivity index (χ0) is 18.9. The number of hydrogen-bond donors (Lipinski definition) is 0. The highest BCUT2D eigenvalue weighted by Crippen LogP contribution is 2.32. The molecule has 5 rings (SSSR count). The third-order valence-corrected chi connectivity index (χ3v) is 5.07. The van der Waals surface area contributed by atoms with E-state index in [1.807, 2.05) is 0 Å². The molecule has 1 aromatic heterocycles. The Morgan fingerprint density at radius 1 is 1.00 bits per heavy atom. The van der Waals surface area contributed by atoms with Gasteiger partial charge >= 0.3 is 6.18 Å². The van der Waals surface area contributed by atoms with Crippen molar-refractivity contribution in [3.8, 4) is 17.7 Å². The van der Waals surface area contributed by atoms with E-state index in [1.165, 1.54) is 18.2 Å². The van der Waals surface area contributed by atoms with Crippen LogP contribution in [0, 0.1) is 17.8 Å². The van der Waals surface area contributed by atoms with Gasteiger partial charge in [-0.15, -0.1) is 10.2 Å². The number of nitrogens with zero attached hydrogens (tertiary/aromatic N) is 3. The molecule has 3 aliphatic heterocycles. The van der Waals surface area contributed by atoms with E-state index in [0.717, 1.165) is 38.5 Å². The van der Waals surface area contributed by atoms with Gasteiger partial charge in [-0.25, -0.2) is 0 Å². The molecule has 4 nitrogen and oxygen atoms in total. The molecule has 27 heavy (non-hydrogen) atoms. The van der Waals surface area contributed by atoms with Crippen LogP contribution in [0.4, 0.5) is 13.2 Å². The number of alkyl halides is 3. The number of aromatic nitrogens is 2. The Morgan fingerprint density at radius 3 is 2.41 bits per heavy atom. The molecule has 0 aliphatic carbocycles. The fourth-order valence-corrected chi connectivity index (χ4v) is 3.62. The van der Waals surface area contributed by atoms with Gasteiger partial charge in [-0.2, -0.15) is 13.2 Å². The normalized spacial score (nSPS) is 24.2. The summed E-state index contributed by atoms with van der Waals surface area (Å²) in [6.07, 6.45) is -2.04. The molecule has 0 radical (unpaired) electrons. The number of halogens is 3. The zero-order valence-electron chi connectivity index (χ0n) is 14.5. The number of fused-ring (bicyclic) bond motifs is 3. The molecule has 2 bridgehead atoms. The highest BCUT2D eigenvalue weighted by atomic mass is 19.4. The fourth-order valence-electron chi connectivity index (χ4n) is 3.62. The Labute approximate surface area is 155 Å². The van der Waals surface area contributed by atoms with Gasteiger partial charge in [-0.3, -0.25) is 4.90 Å². The van der Waals surface area contributed by atoms with Crippen LogP contribution in [0.5, 0.6) is 5.88 Å². The number of rotatable bonds is 2. The summed E-state index contributed by atoms with van der Waals surface area (Å²) in [5, 5.41) is 7.99. The van der Waals surface area contributed by atoms with Gasteiger partial charge in [-0.1, -0.05) is 18.1 Å². The predicted octanol–water partition coefficient (Wildman–Crippen LogP) is 3.37. The standard InChI is InChI=1S/C20H18F3N3O/c21-20(22,23)17-4-2-1-3-14(17)5-6-16-7-8-19(25-24-16)27-18-13-26-11-9-15(18)10-12-26/h1-4,7-8,15,18H,9-13H2. The summed E-state index contributed by atoms with van der Waals surface area (Å²) < 4.78 is 45.0. The van der Waals surface area contributed by atoms with Crippen molar-refractivity contribution in [2.24, 2.45) is 5.92 Å². The molecular weight excluding hydrogens is 355 g/mol. The summed E-state index contributed by atoms with van der Waals surface area (Å²) in [4.78, 5) is 2.38.